The summed E-state index contributed by atoms with van der Waals surface area (Å²) in [5.74, 6) is -0.644. The maximum Gasteiger partial charge on any atom is 0.345 e. The lowest BCUT2D eigenvalue weighted by atomic mass is 10.1. The van der Waals surface area contributed by atoms with E-state index in [4.69, 9.17) is 16.3 Å². The molecule has 0 fully saturated rings. The minimum absolute atomic E-state index is 0.0573. The van der Waals surface area contributed by atoms with E-state index >= 15 is 0 Å². The second-order valence-corrected chi connectivity index (χ2v) is 3.16. The van der Waals surface area contributed by atoms with Crippen LogP contribution < -0.4 is 4.74 Å². The molecule has 1 aromatic carbocycles. The molecule has 1 aromatic rings. The van der Waals surface area contributed by atoms with Crippen LogP contribution in [0.15, 0.2) is 12.1 Å². The second kappa shape index (κ2) is 4.80. The van der Waals surface area contributed by atoms with E-state index in [1.807, 2.05) is 0 Å². The molecule has 0 heterocycles. The van der Waals surface area contributed by atoms with Crippen LogP contribution in [0.2, 0.25) is 5.02 Å². The van der Waals surface area contributed by atoms with Gasteiger partial charge in [0.05, 0.1) is 24.2 Å². The molecule has 0 radical (unpaired) electrons. The first kappa shape index (κ1) is 12.3. The van der Waals surface area contributed by atoms with Crippen LogP contribution in [0, 0.1) is 10.1 Å². The van der Waals surface area contributed by atoms with Crippen molar-refractivity contribution >= 4 is 23.3 Å². The minimum atomic E-state index is -0.818. The summed E-state index contributed by atoms with van der Waals surface area (Å²) in [6.45, 7) is 0. The predicted molar refractivity (Wildman–Crippen MR) is 56.0 cm³/mol. The van der Waals surface area contributed by atoms with Gasteiger partial charge in [0, 0.05) is 12.1 Å². The number of methoxy groups -OCH3 is 2. The standard InChI is InChI=1S/C9H8ClNO5/c1-15-8-3-5(9(12)16-2)7(11(13)14)4-6(8)10/h3-4H,1-2H3. The lowest BCUT2D eigenvalue weighted by Gasteiger charge is -2.06. The van der Waals surface area contributed by atoms with Gasteiger partial charge in [-0.3, -0.25) is 10.1 Å². The summed E-state index contributed by atoms with van der Waals surface area (Å²) >= 11 is 5.71. The van der Waals surface area contributed by atoms with Crippen molar-refractivity contribution in [1.29, 1.82) is 0 Å². The van der Waals surface area contributed by atoms with Crippen LogP contribution in [0.25, 0.3) is 0 Å². The van der Waals surface area contributed by atoms with Gasteiger partial charge < -0.3 is 9.47 Å². The summed E-state index contributed by atoms with van der Waals surface area (Å²) in [5, 5.41) is 10.7. The average molecular weight is 246 g/mol. The topological polar surface area (TPSA) is 78.7 Å². The Labute approximate surface area is 95.9 Å². The summed E-state index contributed by atoms with van der Waals surface area (Å²) in [6.07, 6.45) is 0. The van der Waals surface area contributed by atoms with Crippen molar-refractivity contribution in [2.45, 2.75) is 0 Å². The molecule has 0 aliphatic carbocycles. The van der Waals surface area contributed by atoms with E-state index in [1.165, 1.54) is 13.2 Å². The Balaban J connectivity index is 3.42. The molecule has 0 bridgehead atoms. The first-order valence-corrected chi connectivity index (χ1v) is 4.49. The summed E-state index contributed by atoms with van der Waals surface area (Å²) in [7, 11) is 2.47. The maximum atomic E-state index is 11.3. The summed E-state index contributed by atoms with van der Waals surface area (Å²) in [5.41, 5.74) is -0.619. The molecule has 16 heavy (non-hydrogen) atoms. The fourth-order valence-corrected chi connectivity index (χ4v) is 1.36. The highest BCUT2D eigenvalue weighted by Gasteiger charge is 2.23. The van der Waals surface area contributed by atoms with Crippen molar-refractivity contribution in [2.24, 2.45) is 0 Å². The average Bonchev–Trinajstić information content (AvgIpc) is 2.27. The SMILES string of the molecule is COC(=O)c1cc(OC)c(Cl)cc1[N+](=O)[O-]. The fraction of sp³-hybridized carbons (Fsp3) is 0.222. The molecule has 6 nitrogen and oxygen atoms in total. The van der Waals surface area contributed by atoms with Gasteiger partial charge in [-0.15, -0.1) is 0 Å². The third-order valence-electron chi connectivity index (χ3n) is 1.87. The molecule has 0 aromatic heterocycles. The van der Waals surface area contributed by atoms with Gasteiger partial charge in [-0.25, -0.2) is 4.79 Å². The van der Waals surface area contributed by atoms with E-state index in [2.05, 4.69) is 4.74 Å². The normalized spacial score (nSPS) is 9.69. The van der Waals surface area contributed by atoms with E-state index in [-0.39, 0.29) is 16.3 Å². The molecule has 0 aliphatic heterocycles. The molecule has 0 amide bonds. The molecule has 7 heteroatoms. The van der Waals surface area contributed by atoms with Gasteiger partial charge in [-0.05, 0) is 0 Å². The van der Waals surface area contributed by atoms with Gasteiger partial charge in [0.1, 0.15) is 11.3 Å². The molecule has 0 spiro atoms. The summed E-state index contributed by atoms with van der Waals surface area (Å²) < 4.78 is 9.28. The second-order valence-electron chi connectivity index (χ2n) is 2.75. The zero-order chi connectivity index (χ0) is 12.3. The van der Waals surface area contributed by atoms with Crippen LogP contribution >= 0.6 is 11.6 Å². The Morgan fingerprint density at radius 1 is 1.44 bits per heavy atom. The minimum Gasteiger partial charge on any atom is -0.495 e. The Bertz CT molecular complexity index is 446. The summed E-state index contributed by atoms with van der Waals surface area (Å²) in [6, 6.07) is 2.22. The Hall–Kier alpha value is -1.82. The largest absolute Gasteiger partial charge is 0.495 e. The van der Waals surface area contributed by atoms with Crippen LogP contribution in [-0.4, -0.2) is 25.1 Å². The van der Waals surface area contributed by atoms with Gasteiger partial charge in [-0.1, -0.05) is 11.6 Å². The highest BCUT2D eigenvalue weighted by molar-refractivity contribution is 6.32. The molecular weight excluding hydrogens is 238 g/mol. The number of nitrogens with zero attached hydrogens (tertiary/aromatic N) is 1. The van der Waals surface area contributed by atoms with Crippen molar-refractivity contribution in [3.63, 3.8) is 0 Å². The van der Waals surface area contributed by atoms with Crippen LogP contribution in [0.5, 0.6) is 5.75 Å². The maximum absolute atomic E-state index is 11.3. The molecule has 86 valence electrons. The monoisotopic (exact) mass is 245 g/mol. The smallest absolute Gasteiger partial charge is 0.345 e. The lowest BCUT2D eigenvalue weighted by Crippen LogP contribution is -2.06. The van der Waals surface area contributed by atoms with E-state index in [0.717, 1.165) is 13.2 Å². The number of hydrogen-bond donors (Lipinski definition) is 0. The van der Waals surface area contributed by atoms with Gasteiger partial charge in [0.15, 0.2) is 0 Å². The first-order valence-electron chi connectivity index (χ1n) is 4.11. The third-order valence-corrected chi connectivity index (χ3v) is 2.17. The number of nitro groups is 1. The Morgan fingerprint density at radius 3 is 2.50 bits per heavy atom. The number of nitro benzene ring substituents is 1. The number of halogens is 1. The van der Waals surface area contributed by atoms with Gasteiger partial charge >= 0.3 is 5.97 Å². The Morgan fingerprint density at radius 2 is 2.06 bits per heavy atom. The number of carbonyl (C=O) groups is 1. The van der Waals surface area contributed by atoms with Crippen LogP contribution in [-0.2, 0) is 4.74 Å². The number of benzene rings is 1. The zero-order valence-corrected chi connectivity index (χ0v) is 9.28. The molecule has 0 unspecified atom stereocenters. The zero-order valence-electron chi connectivity index (χ0n) is 8.52. The van der Waals surface area contributed by atoms with Crippen molar-refractivity contribution in [3.05, 3.63) is 32.8 Å². The van der Waals surface area contributed by atoms with Crippen LogP contribution in [0.4, 0.5) is 5.69 Å². The molecule has 0 saturated carbocycles. The van der Waals surface area contributed by atoms with E-state index in [9.17, 15) is 14.9 Å². The molecule has 0 aliphatic rings. The van der Waals surface area contributed by atoms with E-state index in [0.29, 0.717) is 0 Å². The quantitative estimate of drug-likeness (QED) is 0.463. The van der Waals surface area contributed by atoms with Gasteiger partial charge in [0.2, 0.25) is 0 Å². The predicted octanol–water partition coefficient (Wildman–Crippen LogP) is 2.04. The fourth-order valence-electron chi connectivity index (χ4n) is 1.12. The van der Waals surface area contributed by atoms with Gasteiger partial charge in [0.25, 0.3) is 5.69 Å². The number of ether oxygens (including phenoxy) is 2. The lowest BCUT2D eigenvalue weighted by molar-refractivity contribution is -0.385. The van der Waals surface area contributed by atoms with E-state index < -0.39 is 16.6 Å². The number of carbonyl (C=O) groups excluding carboxylic acids is 1. The van der Waals surface area contributed by atoms with Crippen molar-refractivity contribution in [2.75, 3.05) is 14.2 Å². The van der Waals surface area contributed by atoms with Crippen molar-refractivity contribution < 1.29 is 19.2 Å². The van der Waals surface area contributed by atoms with Gasteiger partial charge in [-0.2, -0.15) is 0 Å². The molecule has 0 N–H and O–H groups in total. The number of rotatable bonds is 3. The summed E-state index contributed by atoms with van der Waals surface area (Å²) in [4.78, 5) is 21.3. The number of hydrogen-bond acceptors (Lipinski definition) is 5. The third kappa shape index (κ3) is 2.22. The van der Waals surface area contributed by atoms with E-state index in [1.54, 1.807) is 0 Å². The highest BCUT2D eigenvalue weighted by atomic mass is 35.5. The molecule has 0 saturated heterocycles. The van der Waals surface area contributed by atoms with Crippen molar-refractivity contribution in [3.8, 4) is 5.75 Å². The highest BCUT2D eigenvalue weighted by Crippen LogP contribution is 2.32. The Kier molecular flexibility index (Phi) is 3.68. The van der Waals surface area contributed by atoms with Crippen molar-refractivity contribution in [1.82, 2.24) is 0 Å². The van der Waals surface area contributed by atoms with Crippen LogP contribution in [0.1, 0.15) is 10.4 Å². The molecule has 0 atom stereocenters. The first-order chi connectivity index (χ1) is 7.51. The molecule has 1 rings (SSSR count). The van der Waals surface area contributed by atoms with Crippen LogP contribution in [0.3, 0.4) is 0 Å². The molecular formula is C9H8ClNO5. The number of esters is 1.